The Morgan fingerprint density at radius 1 is 1.06 bits per heavy atom. The predicted octanol–water partition coefficient (Wildman–Crippen LogP) is 0.809. The minimum Gasteiger partial charge on any atom is -0.507 e. The number of ether oxygens (including phenoxy) is 1. The number of ketones is 2. The van der Waals surface area contributed by atoms with Gasteiger partial charge in [-0.05, 0) is 42.8 Å². The van der Waals surface area contributed by atoms with Crippen LogP contribution in [0.5, 0.6) is 17.2 Å². The number of allylic oxidation sites excluding steroid dienone is 2. The number of phenols is 2. The largest absolute Gasteiger partial charge is 0.507 e. The summed E-state index contributed by atoms with van der Waals surface area (Å²) in [4.78, 5) is 27.2. The molecule has 0 radical (unpaired) electrons. The molecule has 2 unspecified atom stereocenters. The van der Waals surface area contributed by atoms with Crippen LogP contribution in [0.3, 0.4) is 0 Å². The van der Waals surface area contributed by atoms with E-state index in [0.717, 1.165) is 6.07 Å². The molecule has 0 aromatic heterocycles. The van der Waals surface area contributed by atoms with Crippen LogP contribution in [0.2, 0.25) is 0 Å². The third kappa shape index (κ3) is 3.05. The Kier molecular flexibility index (Phi) is 5.31. The van der Waals surface area contributed by atoms with Crippen LogP contribution in [-0.2, 0) is 0 Å². The summed E-state index contributed by atoms with van der Waals surface area (Å²) in [7, 11) is 1.30. The number of aromatic hydroxyl groups is 2. The molecule has 0 saturated heterocycles. The number of carbonyl (C=O) groups is 2. The molecule has 1 heterocycles. The lowest BCUT2D eigenvalue weighted by Crippen LogP contribution is -2.62. The first-order valence-electron chi connectivity index (χ1n) is 11.0. The van der Waals surface area contributed by atoms with E-state index < -0.39 is 52.8 Å². The number of methoxy groups -OCH3 is 1. The van der Waals surface area contributed by atoms with Crippen molar-refractivity contribution in [2.45, 2.75) is 36.7 Å². The molecule has 2 bridgehead atoms. The van der Waals surface area contributed by atoms with Crippen molar-refractivity contribution < 1.29 is 39.9 Å². The first-order valence-corrected chi connectivity index (χ1v) is 11.0. The van der Waals surface area contributed by atoms with Crippen molar-refractivity contribution in [3.8, 4) is 40.9 Å². The zero-order chi connectivity index (χ0) is 25.9. The fourth-order valence-electron chi connectivity index (χ4n) is 5.16. The standard InChI is InChI=1S/C27H21NO8/c1-12(29)27(35)18-8-6-4-3-5-7-15(30)22(27)14-11-16(31)20-21(23(14)28-18)26(34)19-13(24(20)32)9-10-17(36-2)25(19)33/h3-4,9-12,15,18,22,28-31,33,35H,1-2H3/b4-3-/t12-,15-,18+,22?,27?/m1/s1. The topological polar surface area (TPSA) is 157 Å². The summed E-state index contributed by atoms with van der Waals surface area (Å²) in [5.41, 5.74) is -3.02. The van der Waals surface area contributed by atoms with Gasteiger partial charge in [-0.15, -0.1) is 0 Å². The van der Waals surface area contributed by atoms with E-state index in [-0.39, 0.29) is 39.3 Å². The van der Waals surface area contributed by atoms with E-state index in [1.807, 2.05) is 0 Å². The number of hydrogen-bond acceptors (Lipinski definition) is 9. The first-order chi connectivity index (χ1) is 17.1. The van der Waals surface area contributed by atoms with Crippen molar-refractivity contribution in [1.82, 2.24) is 0 Å². The Hall–Kier alpha value is -4.28. The molecule has 0 saturated carbocycles. The zero-order valence-electron chi connectivity index (χ0n) is 19.2. The van der Waals surface area contributed by atoms with Crippen LogP contribution in [0.25, 0.3) is 0 Å². The van der Waals surface area contributed by atoms with Crippen molar-refractivity contribution in [3.05, 3.63) is 58.2 Å². The Morgan fingerprint density at radius 3 is 2.42 bits per heavy atom. The van der Waals surface area contributed by atoms with Gasteiger partial charge in [-0.1, -0.05) is 23.7 Å². The molecule has 3 aliphatic rings. The second-order valence-electron chi connectivity index (χ2n) is 8.78. The van der Waals surface area contributed by atoms with Crippen LogP contribution in [0, 0.1) is 23.7 Å². The van der Waals surface area contributed by atoms with Crippen LogP contribution < -0.4 is 10.1 Å². The van der Waals surface area contributed by atoms with E-state index in [1.54, 1.807) is 0 Å². The van der Waals surface area contributed by atoms with Gasteiger partial charge in [-0.2, -0.15) is 0 Å². The van der Waals surface area contributed by atoms with Gasteiger partial charge in [0.2, 0.25) is 5.78 Å². The molecule has 36 heavy (non-hydrogen) atoms. The number of aliphatic hydroxyl groups is 3. The molecule has 5 atom stereocenters. The molecule has 0 fully saturated rings. The molecule has 0 spiro atoms. The third-order valence-corrected chi connectivity index (χ3v) is 6.90. The minimum absolute atomic E-state index is 0.0223. The monoisotopic (exact) mass is 487 g/mol. The van der Waals surface area contributed by atoms with E-state index in [2.05, 4.69) is 29.0 Å². The van der Waals surface area contributed by atoms with E-state index in [0.29, 0.717) is 0 Å². The van der Waals surface area contributed by atoms with Gasteiger partial charge < -0.3 is 35.6 Å². The van der Waals surface area contributed by atoms with E-state index in [4.69, 9.17) is 4.74 Å². The summed E-state index contributed by atoms with van der Waals surface area (Å²) in [6.07, 6.45) is -0.169. The van der Waals surface area contributed by atoms with Gasteiger partial charge in [0.05, 0.1) is 41.5 Å². The van der Waals surface area contributed by atoms with E-state index in [1.165, 1.54) is 38.3 Å². The molecule has 2 aromatic carbocycles. The Bertz CT molecular complexity index is 1500. The van der Waals surface area contributed by atoms with Gasteiger partial charge in [-0.3, -0.25) is 9.59 Å². The average molecular weight is 487 g/mol. The average Bonchev–Trinajstić information content (AvgIpc) is 2.83. The Morgan fingerprint density at radius 2 is 1.75 bits per heavy atom. The molecule has 2 aliphatic carbocycles. The van der Waals surface area contributed by atoms with Crippen LogP contribution >= 0.6 is 0 Å². The molecule has 6 N–H and O–H groups in total. The summed E-state index contributed by atoms with van der Waals surface area (Å²) in [6, 6.07) is 2.61. The summed E-state index contributed by atoms with van der Waals surface area (Å²) in [6.45, 7) is 1.32. The number of fused-ring (bicyclic) bond motifs is 7. The quantitative estimate of drug-likeness (QED) is 0.227. The Labute approximate surface area is 205 Å². The second kappa shape index (κ2) is 8.14. The van der Waals surface area contributed by atoms with Crippen molar-refractivity contribution >= 4 is 17.3 Å². The summed E-state index contributed by atoms with van der Waals surface area (Å²) >= 11 is 0. The highest BCUT2D eigenvalue weighted by molar-refractivity contribution is 6.32. The smallest absolute Gasteiger partial charge is 0.200 e. The maximum Gasteiger partial charge on any atom is 0.200 e. The lowest BCUT2D eigenvalue weighted by molar-refractivity contribution is -0.107. The molecule has 182 valence electrons. The normalized spacial score (nSPS) is 27.0. The van der Waals surface area contributed by atoms with E-state index in [9.17, 15) is 35.1 Å². The van der Waals surface area contributed by atoms with Crippen LogP contribution in [0.1, 0.15) is 50.2 Å². The van der Waals surface area contributed by atoms with Crippen molar-refractivity contribution in [3.63, 3.8) is 0 Å². The van der Waals surface area contributed by atoms with Crippen LogP contribution in [0.15, 0.2) is 30.4 Å². The van der Waals surface area contributed by atoms with Crippen molar-refractivity contribution in [2.75, 3.05) is 12.4 Å². The second-order valence-corrected chi connectivity index (χ2v) is 8.78. The Balaban J connectivity index is 1.85. The maximum absolute atomic E-state index is 13.8. The van der Waals surface area contributed by atoms with Crippen LogP contribution in [-0.4, -0.2) is 68.1 Å². The van der Waals surface area contributed by atoms with Crippen LogP contribution in [0.4, 0.5) is 5.69 Å². The van der Waals surface area contributed by atoms with Crippen molar-refractivity contribution in [1.29, 1.82) is 0 Å². The number of carbonyl (C=O) groups excluding carboxylic acids is 2. The molecule has 1 aliphatic heterocycles. The molecule has 9 nitrogen and oxygen atoms in total. The third-order valence-electron chi connectivity index (χ3n) is 6.90. The number of anilines is 1. The number of phenolic OH excluding ortho intramolecular Hbond substituents is 2. The number of benzene rings is 2. The lowest BCUT2D eigenvalue weighted by Gasteiger charge is -2.48. The van der Waals surface area contributed by atoms with Gasteiger partial charge in [0.15, 0.2) is 17.3 Å². The summed E-state index contributed by atoms with van der Waals surface area (Å²) in [5, 5.41) is 57.9. The van der Waals surface area contributed by atoms with E-state index >= 15 is 0 Å². The highest BCUT2D eigenvalue weighted by Gasteiger charge is 2.56. The number of hydrogen-bond donors (Lipinski definition) is 6. The fraction of sp³-hybridized carbons (Fsp3) is 0.259. The van der Waals surface area contributed by atoms with Gasteiger partial charge in [-0.25, -0.2) is 0 Å². The predicted molar refractivity (Wildman–Crippen MR) is 127 cm³/mol. The summed E-state index contributed by atoms with van der Waals surface area (Å²) in [5.74, 6) is 6.73. The number of rotatable bonds is 2. The lowest BCUT2D eigenvalue weighted by atomic mass is 9.66. The number of nitrogens with one attached hydrogen (secondary N) is 1. The minimum atomic E-state index is -2.11. The maximum atomic E-state index is 13.8. The molecule has 5 rings (SSSR count). The highest BCUT2D eigenvalue weighted by Crippen LogP contribution is 2.51. The zero-order valence-corrected chi connectivity index (χ0v) is 19.2. The summed E-state index contributed by atoms with van der Waals surface area (Å²) < 4.78 is 5.09. The first kappa shape index (κ1) is 23.5. The van der Waals surface area contributed by atoms with Gasteiger partial charge in [0, 0.05) is 5.56 Å². The van der Waals surface area contributed by atoms with Crippen molar-refractivity contribution in [2.24, 2.45) is 0 Å². The van der Waals surface area contributed by atoms with Gasteiger partial charge in [0.1, 0.15) is 23.5 Å². The number of aliphatic hydroxyl groups excluding tert-OH is 2. The molecule has 2 aromatic rings. The molecule has 9 heteroatoms. The van der Waals surface area contributed by atoms with Gasteiger partial charge >= 0.3 is 0 Å². The SMILES string of the molecule is COc1ccc2c(c1O)C(=O)c1c3c(cc(O)c1C2=O)C1[C@H](O)C#C/C=C\C#C[C@H](N3)C1(O)[C@@H](C)O. The van der Waals surface area contributed by atoms with Gasteiger partial charge in [0.25, 0.3) is 0 Å². The fourth-order valence-corrected chi connectivity index (χ4v) is 5.16. The molecular weight excluding hydrogens is 466 g/mol. The highest BCUT2D eigenvalue weighted by atomic mass is 16.5. The molecular formula is C27H21NO8. The molecule has 0 amide bonds.